The lowest BCUT2D eigenvalue weighted by atomic mass is 9.93. The summed E-state index contributed by atoms with van der Waals surface area (Å²) in [5.41, 5.74) is -0.401. The summed E-state index contributed by atoms with van der Waals surface area (Å²) in [6.45, 7) is 6.84. The second-order valence-corrected chi connectivity index (χ2v) is 5.76. The fraction of sp³-hybridized carbons (Fsp3) is 0.333. The van der Waals surface area contributed by atoms with Crippen LogP contribution in [-0.4, -0.2) is 29.6 Å². The van der Waals surface area contributed by atoms with Crippen molar-refractivity contribution in [3.05, 3.63) is 58.3 Å². The highest BCUT2D eigenvalue weighted by atomic mass is 32.1. The lowest BCUT2D eigenvalue weighted by molar-refractivity contribution is 0.149. The molecule has 0 aliphatic heterocycles. The van der Waals surface area contributed by atoms with Crippen LogP contribution < -0.4 is 0 Å². The van der Waals surface area contributed by atoms with Crippen LogP contribution in [0.2, 0.25) is 0 Å². The molecule has 0 saturated carbocycles. The SMILES string of the molecule is CCN(CC)CC#C[C@@](O)(c1ccccc1)c1cccs1. The lowest BCUT2D eigenvalue weighted by Gasteiger charge is -2.22. The lowest BCUT2D eigenvalue weighted by Crippen LogP contribution is -2.26. The fourth-order valence-corrected chi connectivity index (χ4v) is 2.97. The number of hydrogen-bond donors (Lipinski definition) is 1. The predicted molar refractivity (Wildman–Crippen MR) is 89.3 cm³/mol. The highest BCUT2D eigenvalue weighted by Crippen LogP contribution is 2.32. The van der Waals surface area contributed by atoms with Gasteiger partial charge >= 0.3 is 0 Å². The Labute approximate surface area is 131 Å². The van der Waals surface area contributed by atoms with Crippen molar-refractivity contribution in [1.29, 1.82) is 0 Å². The first kappa shape index (κ1) is 15.8. The fourth-order valence-electron chi connectivity index (χ4n) is 2.17. The Hall–Kier alpha value is -1.60. The Morgan fingerprint density at radius 1 is 1.10 bits per heavy atom. The van der Waals surface area contributed by atoms with Crippen molar-refractivity contribution in [2.24, 2.45) is 0 Å². The van der Waals surface area contributed by atoms with E-state index < -0.39 is 5.60 Å². The molecule has 0 unspecified atom stereocenters. The summed E-state index contributed by atoms with van der Waals surface area (Å²) in [4.78, 5) is 3.09. The van der Waals surface area contributed by atoms with Crippen LogP contribution in [0.5, 0.6) is 0 Å². The summed E-state index contributed by atoms with van der Waals surface area (Å²) in [6.07, 6.45) is 0. The Kier molecular flexibility index (Phi) is 5.58. The van der Waals surface area contributed by atoms with Crippen molar-refractivity contribution in [1.82, 2.24) is 4.90 Å². The van der Waals surface area contributed by atoms with Crippen molar-refractivity contribution in [3.8, 4) is 11.8 Å². The van der Waals surface area contributed by atoms with Crippen LogP contribution in [0, 0.1) is 11.8 Å². The molecule has 0 aliphatic rings. The van der Waals surface area contributed by atoms with E-state index >= 15 is 0 Å². The van der Waals surface area contributed by atoms with E-state index in [4.69, 9.17) is 0 Å². The van der Waals surface area contributed by atoms with Crippen molar-refractivity contribution < 1.29 is 5.11 Å². The van der Waals surface area contributed by atoms with Gasteiger partial charge in [0.1, 0.15) is 0 Å². The molecule has 1 N–H and O–H groups in total. The highest BCUT2D eigenvalue weighted by molar-refractivity contribution is 7.10. The van der Waals surface area contributed by atoms with E-state index in [0.717, 1.165) is 23.5 Å². The van der Waals surface area contributed by atoms with Gasteiger partial charge in [0.25, 0.3) is 0 Å². The van der Waals surface area contributed by atoms with Crippen molar-refractivity contribution in [3.63, 3.8) is 0 Å². The molecule has 1 heterocycles. The largest absolute Gasteiger partial charge is 0.369 e. The van der Waals surface area contributed by atoms with Crippen LogP contribution in [0.4, 0.5) is 0 Å². The molecule has 21 heavy (non-hydrogen) atoms. The number of thiophene rings is 1. The molecule has 110 valence electrons. The van der Waals surface area contributed by atoms with E-state index in [2.05, 4.69) is 30.6 Å². The summed E-state index contributed by atoms with van der Waals surface area (Å²) in [7, 11) is 0. The number of benzene rings is 1. The standard InChI is InChI=1S/C18H21NOS/c1-3-19(4-2)14-9-13-18(20,17-12-8-15-21-17)16-10-6-5-7-11-16/h5-8,10-12,15,20H,3-4,14H2,1-2H3/t18-/m1/s1. The summed E-state index contributed by atoms with van der Waals surface area (Å²) in [5.74, 6) is 6.24. The average Bonchev–Trinajstić information content (AvgIpc) is 3.07. The Morgan fingerprint density at radius 2 is 1.81 bits per heavy atom. The molecule has 3 heteroatoms. The molecule has 0 spiro atoms. The van der Waals surface area contributed by atoms with Crippen LogP contribution in [0.15, 0.2) is 47.8 Å². The van der Waals surface area contributed by atoms with Crippen LogP contribution in [0.25, 0.3) is 0 Å². The van der Waals surface area contributed by atoms with Crippen LogP contribution in [-0.2, 0) is 5.60 Å². The molecule has 0 radical (unpaired) electrons. The summed E-state index contributed by atoms with van der Waals surface area (Å²) in [6, 6.07) is 13.5. The Morgan fingerprint density at radius 3 is 2.38 bits per heavy atom. The molecule has 1 aromatic heterocycles. The van der Waals surface area contributed by atoms with E-state index in [1.54, 1.807) is 0 Å². The van der Waals surface area contributed by atoms with Gasteiger partial charge in [-0.25, -0.2) is 0 Å². The minimum absolute atomic E-state index is 0.674. The van der Waals surface area contributed by atoms with E-state index in [0.29, 0.717) is 6.54 Å². The molecule has 0 saturated heterocycles. The third-order valence-electron chi connectivity index (χ3n) is 3.54. The summed E-state index contributed by atoms with van der Waals surface area (Å²) < 4.78 is 0. The van der Waals surface area contributed by atoms with Gasteiger partial charge in [0.05, 0.1) is 11.4 Å². The molecular formula is C18H21NOS. The zero-order valence-corrected chi connectivity index (χ0v) is 13.4. The van der Waals surface area contributed by atoms with Crippen LogP contribution in [0.1, 0.15) is 24.3 Å². The van der Waals surface area contributed by atoms with E-state index in [-0.39, 0.29) is 0 Å². The Balaban J connectivity index is 2.33. The van der Waals surface area contributed by atoms with E-state index in [1.807, 2.05) is 47.8 Å². The maximum absolute atomic E-state index is 11.1. The van der Waals surface area contributed by atoms with Gasteiger partial charge in [0, 0.05) is 5.56 Å². The normalized spacial score (nSPS) is 13.5. The van der Waals surface area contributed by atoms with Gasteiger partial charge in [0.15, 0.2) is 5.60 Å². The first-order valence-corrected chi connectivity index (χ1v) is 8.13. The molecule has 0 amide bonds. The smallest absolute Gasteiger partial charge is 0.186 e. The van der Waals surface area contributed by atoms with Gasteiger partial charge in [0.2, 0.25) is 0 Å². The highest BCUT2D eigenvalue weighted by Gasteiger charge is 2.30. The van der Waals surface area contributed by atoms with Crippen LogP contribution in [0.3, 0.4) is 0 Å². The molecule has 0 aliphatic carbocycles. The van der Waals surface area contributed by atoms with Gasteiger partial charge in [-0.15, -0.1) is 11.3 Å². The predicted octanol–water partition coefficient (Wildman–Crippen LogP) is 3.33. The average molecular weight is 299 g/mol. The zero-order valence-electron chi connectivity index (χ0n) is 12.5. The number of aliphatic hydroxyl groups is 1. The molecular weight excluding hydrogens is 278 g/mol. The molecule has 1 aromatic carbocycles. The molecule has 1 atom stereocenters. The monoisotopic (exact) mass is 299 g/mol. The third kappa shape index (κ3) is 3.74. The molecule has 0 bridgehead atoms. The van der Waals surface area contributed by atoms with E-state index in [1.165, 1.54) is 11.3 Å². The minimum Gasteiger partial charge on any atom is -0.369 e. The third-order valence-corrected chi connectivity index (χ3v) is 4.51. The second kappa shape index (κ2) is 7.42. The van der Waals surface area contributed by atoms with Gasteiger partial charge in [-0.05, 0) is 24.5 Å². The first-order valence-electron chi connectivity index (χ1n) is 7.25. The topological polar surface area (TPSA) is 23.5 Å². The molecule has 2 nitrogen and oxygen atoms in total. The zero-order chi connectivity index (χ0) is 15.1. The molecule has 2 aromatic rings. The number of hydrogen-bond acceptors (Lipinski definition) is 3. The summed E-state index contributed by atoms with van der Waals surface area (Å²) in [5, 5.41) is 13.1. The number of rotatable bonds is 5. The van der Waals surface area contributed by atoms with Gasteiger partial charge < -0.3 is 5.11 Å². The van der Waals surface area contributed by atoms with Crippen molar-refractivity contribution in [2.45, 2.75) is 19.4 Å². The van der Waals surface area contributed by atoms with Gasteiger partial charge in [-0.3, -0.25) is 4.90 Å². The first-order chi connectivity index (χ1) is 10.2. The van der Waals surface area contributed by atoms with E-state index in [9.17, 15) is 5.11 Å². The van der Waals surface area contributed by atoms with Crippen molar-refractivity contribution >= 4 is 11.3 Å². The van der Waals surface area contributed by atoms with Crippen molar-refractivity contribution in [2.75, 3.05) is 19.6 Å². The summed E-state index contributed by atoms with van der Waals surface area (Å²) >= 11 is 1.53. The quantitative estimate of drug-likeness (QED) is 0.856. The maximum Gasteiger partial charge on any atom is 0.186 e. The maximum atomic E-state index is 11.1. The van der Waals surface area contributed by atoms with Gasteiger partial charge in [-0.1, -0.05) is 62.1 Å². The molecule has 0 fully saturated rings. The molecule has 2 rings (SSSR count). The number of nitrogens with zero attached hydrogens (tertiary/aromatic N) is 1. The minimum atomic E-state index is -1.22. The van der Waals surface area contributed by atoms with Crippen LogP contribution >= 0.6 is 11.3 Å². The van der Waals surface area contributed by atoms with Gasteiger partial charge in [-0.2, -0.15) is 0 Å². The Bertz CT molecular complexity index is 593. The second-order valence-electron chi connectivity index (χ2n) is 4.82.